The van der Waals surface area contributed by atoms with Crippen LogP contribution in [0.1, 0.15) is 69.9 Å². The summed E-state index contributed by atoms with van der Waals surface area (Å²) in [6.45, 7) is 3.31. The molecule has 1 aromatic rings. The summed E-state index contributed by atoms with van der Waals surface area (Å²) in [5.41, 5.74) is 1.32. The van der Waals surface area contributed by atoms with E-state index < -0.39 is 0 Å². The molecule has 0 aliphatic heterocycles. The number of nitrogens with one attached hydrogen (secondary N) is 1. The van der Waals surface area contributed by atoms with Gasteiger partial charge in [-0.25, -0.2) is 0 Å². The minimum absolute atomic E-state index is 0.433. The van der Waals surface area contributed by atoms with Crippen molar-refractivity contribution in [3.63, 3.8) is 0 Å². The van der Waals surface area contributed by atoms with Crippen LogP contribution in [-0.2, 0) is 0 Å². The van der Waals surface area contributed by atoms with E-state index in [0.29, 0.717) is 6.04 Å². The smallest absolute Gasteiger partial charge is 0.123 e. The standard InChI is InChI=1S/C19H31NO/c1-3-15-20-18(14-13-16-9-5-4-6-10-16)17-11-7-8-12-19(17)21-2/h7-8,11-12,16,18,20H,3-6,9-10,13-15H2,1-2H3. The average molecular weight is 289 g/mol. The van der Waals surface area contributed by atoms with Gasteiger partial charge in [0.05, 0.1) is 7.11 Å². The third kappa shape index (κ3) is 5.03. The van der Waals surface area contributed by atoms with E-state index in [1.54, 1.807) is 7.11 Å². The summed E-state index contributed by atoms with van der Waals surface area (Å²) in [7, 11) is 1.77. The Labute approximate surface area is 130 Å². The zero-order valence-corrected chi connectivity index (χ0v) is 13.7. The van der Waals surface area contributed by atoms with Crippen molar-refractivity contribution in [2.45, 2.75) is 64.3 Å². The maximum atomic E-state index is 5.56. The van der Waals surface area contributed by atoms with Crippen molar-refractivity contribution >= 4 is 0 Å². The zero-order chi connectivity index (χ0) is 14.9. The summed E-state index contributed by atoms with van der Waals surface area (Å²) in [6, 6.07) is 8.91. The van der Waals surface area contributed by atoms with Crippen molar-refractivity contribution in [3.8, 4) is 5.75 Å². The Morgan fingerprint density at radius 3 is 2.67 bits per heavy atom. The largest absolute Gasteiger partial charge is 0.496 e. The molecule has 2 rings (SSSR count). The molecule has 118 valence electrons. The second kappa shape index (κ2) is 9.09. The monoisotopic (exact) mass is 289 g/mol. The molecule has 1 saturated carbocycles. The minimum Gasteiger partial charge on any atom is -0.496 e. The Balaban J connectivity index is 1.99. The lowest BCUT2D eigenvalue weighted by atomic mass is 9.84. The highest BCUT2D eigenvalue weighted by atomic mass is 16.5. The SMILES string of the molecule is CCCNC(CCC1CCCCC1)c1ccccc1OC. The van der Waals surface area contributed by atoms with Gasteiger partial charge in [-0.05, 0) is 37.8 Å². The summed E-state index contributed by atoms with van der Waals surface area (Å²) in [5, 5.41) is 3.72. The van der Waals surface area contributed by atoms with E-state index in [2.05, 4.69) is 36.5 Å². The van der Waals surface area contributed by atoms with Gasteiger partial charge >= 0.3 is 0 Å². The fraction of sp³-hybridized carbons (Fsp3) is 0.684. The molecule has 0 radical (unpaired) electrons. The Morgan fingerprint density at radius 1 is 1.19 bits per heavy atom. The Bertz CT molecular complexity index is 398. The van der Waals surface area contributed by atoms with Crippen LogP contribution in [0, 0.1) is 5.92 Å². The molecule has 0 amide bonds. The molecule has 1 aliphatic carbocycles. The maximum Gasteiger partial charge on any atom is 0.123 e. The van der Waals surface area contributed by atoms with Crippen LogP contribution >= 0.6 is 0 Å². The first kappa shape index (κ1) is 16.4. The predicted molar refractivity (Wildman–Crippen MR) is 89.8 cm³/mol. The van der Waals surface area contributed by atoms with Gasteiger partial charge in [0.25, 0.3) is 0 Å². The molecule has 0 spiro atoms. The lowest BCUT2D eigenvalue weighted by Crippen LogP contribution is -2.23. The fourth-order valence-corrected chi connectivity index (χ4v) is 3.52. The van der Waals surface area contributed by atoms with E-state index in [1.165, 1.54) is 56.9 Å². The van der Waals surface area contributed by atoms with Crippen LogP contribution in [0.2, 0.25) is 0 Å². The van der Waals surface area contributed by atoms with E-state index in [-0.39, 0.29) is 0 Å². The number of rotatable bonds is 8. The first-order valence-corrected chi connectivity index (χ1v) is 8.71. The molecule has 1 atom stereocenters. The number of para-hydroxylation sites is 1. The molecule has 2 heteroatoms. The first-order chi connectivity index (χ1) is 10.3. The quantitative estimate of drug-likeness (QED) is 0.719. The Hall–Kier alpha value is -1.02. The lowest BCUT2D eigenvalue weighted by molar-refractivity contribution is 0.311. The van der Waals surface area contributed by atoms with Crippen molar-refractivity contribution in [3.05, 3.63) is 29.8 Å². The lowest BCUT2D eigenvalue weighted by Gasteiger charge is -2.26. The van der Waals surface area contributed by atoms with Gasteiger partial charge in [-0.1, -0.05) is 57.2 Å². The number of methoxy groups -OCH3 is 1. The number of hydrogen-bond donors (Lipinski definition) is 1. The van der Waals surface area contributed by atoms with E-state index in [9.17, 15) is 0 Å². The molecule has 2 nitrogen and oxygen atoms in total. The summed E-state index contributed by atoms with van der Waals surface area (Å²) in [6.07, 6.45) is 10.9. The first-order valence-electron chi connectivity index (χ1n) is 8.71. The molecule has 0 bridgehead atoms. The molecule has 0 saturated heterocycles. The van der Waals surface area contributed by atoms with Gasteiger partial charge in [0.15, 0.2) is 0 Å². The van der Waals surface area contributed by atoms with Gasteiger partial charge in [0.1, 0.15) is 5.75 Å². The van der Waals surface area contributed by atoms with Crippen LogP contribution < -0.4 is 10.1 Å². The van der Waals surface area contributed by atoms with Crippen LogP contribution in [0.4, 0.5) is 0 Å². The van der Waals surface area contributed by atoms with Crippen LogP contribution in [0.5, 0.6) is 5.75 Å². The normalized spacial score (nSPS) is 17.6. The molecule has 0 heterocycles. The summed E-state index contributed by atoms with van der Waals surface area (Å²) in [4.78, 5) is 0. The highest BCUT2D eigenvalue weighted by Crippen LogP contribution is 2.33. The van der Waals surface area contributed by atoms with Crippen LogP contribution in [-0.4, -0.2) is 13.7 Å². The van der Waals surface area contributed by atoms with E-state index >= 15 is 0 Å². The average Bonchev–Trinajstić information content (AvgIpc) is 2.56. The zero-order valence-electron chi connectivity index (χ0n) is 13.7. The van der Waals surface area contributed by atoms with E-state index in [0.717, 1.165) is 18.2 Å². The molecular formula is C19H31NO. The van der Waals surface area contributed by atoms with Gasteiger partial charge in [-0.2, -0.15) is 0 Å². The fourth-order valence-electron chi connectivity index (χ4n) is 3.52. The minimum atomic E-state index is 0.433. The van der Waals surface area contributed by atoms with Gasteiger partial charge in [-0.15, -0.1) is 0 Å². The van der Waals surface area contributed by atoms with Gasteiger partial charge in [0.2, 0.25) is 0 Å². The molecule has 1 unspecified atom stereocenters. The molecule has 1 fully saturated rings. The van der Waals surface area contributed by atoms with Crippen molar-refractivity contribution in [1.82, 2.24) is 5.32 Å². The van der Waals surface area contributed by atoms with Gasteiger partial charge in [0, 0.05) is 11.6 Å². The second-order valence-electron chi connectivity index (χ2n) is 6.33. The molecular weight excluding hydrogens is 258 g/mol. The summed E-state index contributed by atoms with van der Waals surface area (Å²) < 4.78 is 5.56. The van der Waals surface area contributed by atoms with E-state index in [4.69, 9.17) is 4.74 Å². The van der Waals surface area contributed by atoms with Gasteiger partial charge in [-0.3, -0.25) is 0 Å². The highest BCUT2D eigenvalue weighted by Gasteiger charge is 2.19. The second-order valence-corrected chi connectivity index (χ2v) is 6.33. The molecule has 21 heavy (non-hydrogen) atoms. The number of ether oxygens (including phenoxy) is 1. The van der Waals surface area contributed by atoms with Crippen molar-refractivity contribution in [2.75, 3.05) is 13.7 Å². The Kier molecular flexibility index (Phi) is 7.08. The van der Waals surface area contributed by atoms with Crippen LogP contribution in [0.3, 0.4) is 0 Å². The molecule has 1 N–H and O–H groups in total. The Morgan fingerprint density at radius 2 is 1.95 bits per heavy atom. The van der Waals surface area contributed by atoms with Crippen LogP contribution in [0.25, 0.3) is 0 Å². The molecule has 1 aliphatic rings. The topological polar surface area (TPSA) is 21.3 Å². The van der Waals surface area contributed by atoms with Gasteiger partial charge < -0.3 is 10.1 Å². The van der Waals surface area contributed by atoms with Crippen molar-refractivity contribution < 1.29 is 4.74 Å². The third-order valence-corrected chi connectivity index (χ3v) is 4.74. The predicted octanol–water partition coefficient (Wildman–Crippen LogP) is 5.10. The number of hydrogen-bond acceptors (Lipinski definition) is 2. The highest BCUT2D eigenvalue weighted by molar-refractivity contribution is 5.35. The van der Waals surface area contributed by atoms with Crippen molar-refractivity contribution in [1.29, 1.82) is 0 Å². The molecule has 1 aromatic carbocycles. The third-order valence-electron chi connectivity index (χ3n) is 4.74. The van der Waals surface area contributed by atoms with Crippen molar-refractivity contribution in [2.24, 2.45) is 5.92 Å². The van der Waals surface area contributed by atoms with E-state index in [1.807, 2.05) is 0 Å². The maximum absolute atomic E-state index is 5.56. The number of benzene rings is 1. The van der Waals surface area contributed by atoms with Crippen LogP contribution in [0.15, 0.2) is 24.3 Å². The molecule has 0 aromatic heterocycles. The summed E-state index contributed by atoms with van der Waals surface area (Å²) >= 11 is 0. The summed E-state index contributed by atoms with van der Waals surface area (Å²) in [5.74, 6) is 1.97.